The second-order valence-corrected chi connectivity index (χ2v) is 17.2. The number of carbonyl (C=O) groups is 1. The smallest absolute Gasteiger partial charge is 0.220 e. The first-order valence-electron chi connectivity index (χ1n) is 24.9. The lowest BCUT2D eigenvalue weighted by Gasteiger charge is -2.40. The molecule has 1 amide bonds. The molecule has 9 heteroatoms. The van der Waals surface area contributed by atoms with Crippen molar-refractivity contribution in [2.75, 3.05) is 13.2 Å². The fourth-order valence-corrected chi connectivity index (χ4v) is 7.62. The molecule has 1 rings (SSSR count). The van der Waals surface area contributed by atoms with Crippen molar-refractivity contribution in [2.24, 2.45) is 0 Å². The zero-order valence-electron chi connectivity index (χ0n) is 38.5. The fraction of sp³-hybridized carbons (Fsp3) is 0.824. The van der Waals surface area contributed by atoms with Gasteiger partial charge >= 0.3 is 0 Å². The van der Waals surface area contributed by atoms with Crippen LogP contribution < -0.4 is 5.32 Å². The Labute approximate surface area is 367 Å². The van der Waals surface area contributed by atoms with Gasteiger partial charge in [-0.2, -0.15) is 0 Å². The number of hydrogen-bond acceptors (Lipinski definition) is 8. The van der Waals surface area contributed by atoms with E-state index in [0.29, 0.717) is 6.42 Å². The van der Waals surface area contributed by atoms with Crippen LogP contribution in [0.15, 0.2) is 48.6 Å². The molecule has 6 N–H and O–H groups in total. The van der Waals surface area contributed by atoms with Crippen molar-refractivity contribution in [1.29, 1.82) is 0 Å². The van der Waals surface area contributed by atoms with Crippen LogP contribution in [-0.2, 0) is 14.3 Å². The van der Waals surface area contributed by atoms with Crippen LogP contribution in [0.1, 0.15) is 213 Å². The molecule has 1 saturated heterocycles. The van der Waals surface area contributed by atoms with E-state index >= 15 is 0 Å². The monoisotopic (exact) mass is 848 g/mol. The predicted molar refractivity (Wildman–Crippen MR) is 249 cm³/mol. The topological polar surface area (TPSA) is 149 Å². The van der Waals surface area contributed by atoms with Crippen molar-refractivity contribution in [3.8, 4) is 0 Å². The van der Waals surface area contributed by atoms with Crippen LogP contribution in [0.25, 0.3) is 0 Å². The van der Waals surface area contributed by atoms with Gasteiger partial charge in [0.25, 0.3) is 0 Å². The molecule has 0 aliphatic carbocycles. The Morgan fingerprint density at radius 3 is 1.57 bits per heavy atom. The van der Waals surface area contributed by atoms with Gasteiger partial charge in [-0.1, -0.05) is 197 Å². The van der Waals surface area contributed by atoms with Crippen LogP contribution in [0.5, 0.6) is 0 Å². The van der Waals surface area contributed by atoms with E-state index in [9.17, 15) is 30.3 Å². The summed E-state index contributed by atoms with van der Waals surface area (Å²) in [5, 5.41) is 54.2. The van der Waals surface area contributed by atoms with Gasteiger partial charge in [-0.3, -0.25) is 4.79 Å². The maximum Gasteiger partial charge on any atom is 0.220 e. The molecular formula is C51H93NO8. The Kier molecular flexibility index (Phi) is 38.5. The Hall–Kier alpha value is -1.85. The third-order valence-corrected chi connectivity index (χ3v) is 11.6. The quantitative estimate of drug-likeness (QED) is 0.0263. The molecule has 0 spiro atoms. The standard InChI is InChI=1S/C51H93NO8/c1-3-5-7-9-11-13-15-17-18-19-20-21-22-23-24-25-26-27-29-30-32-34-36-38-40-45(54)44(43-59-51-50(58)49(57)48(56)46(42-53)60-51)52-47(55)41-39-37-35-33-31-28-16-14-12-10-8-6-4-2/h8,10,14,16,30,32,38,40,44-46,48-51,53-54,56-58H,3-7,9,11-13,15,17-29,31,33-37,39,41-43H2,1-2H3,(H,52,55)/b10-8-,16-14-,32-30+,40-38+. The highest BCUT2D eigenvalue weighted by Gasteiger charge is 2.44. The second-order valence-electron chi connectivity index (χ2n) is 17.2. The fourth-order valence-electron chi connectivity index (χ4n) is 7.62. The number of ether oxygens (including phenoxy) is 2. The zero-order chi connectivity index (χ0) is 43.7. The van der Waals surface area contributed by atoms with Crippen LogP contribution in [0, 0.1) is 0 Å². The van der Waals surface area contributed by atoms with E-state index in [1.54, 1.807) is 6.08 Å². The molecular weight excluding hydrogens is 755 g/mol. The first kappa shape index (κ1) is 56.2. The van der Waals surface area contributed by atoms with Crippen molar-refractivity contribution in [2.45, 2.75) is 256 Å². The van der Waals surface area contributed by atoms with Gasteiger partial charge in [-0.15, -0.1) is 0 Å². The molecule has 0 aromatic carbocycles. The van der Waals surface area contributed by atoms with E-state index in [1.165, 1.54) is 122 Å². The average Bonchev–Trinajstić information content (AvgIpc) is 3.25. The SMILES string of the molecule is CCC/C=C\C/C=C\CCCCCCCC(=O)NC(COC1OC(CO)C(O)C(O)C1O)C(O)/C=C/CC/C=C/CCCCCCCCCCCCCCCCCCCC. The predicted octanol–water partition coefficient (Wildman–Crippen LogP) is 11.0. The minimum Gasteiger partial charge on any atom is -0.394 e. The summed E-state index contributed by atoms with van der Waals surface area (Å²) in [6.07, 6.45) is 46.0. The van der Waals surface area contributed by atoms with Crippen molar-refractivity contribution >= 4 is 5.91 Å². The lowest BCUT2D eigenvalue weighted by atomic mass is 9.99. The van der Waals surface area contributed by atoms with Crippen molar-refractivity contribution in [1.82, 2.24) is 5.32 Å². The zero-order valence-corrected chi connectivity index (χ0v) is 38.5. The number of hydrogen-bond donors (Lipinski definition) is 6. The normalized spacial score (nSPS) is 20.9. The maximum absolute atomic E-state index is 12.9. The maximum atomic E-state index is 12.9. The van der Waals surface area contributed by atoms with Crippen LogP contribution in [-0.4, -0.2) is 87.5 Å². The molecule has 1 heterocycles. The Bertz CT molecular complexity index is 1080. The van der Waals surface area contributed by atoms with Gasteiger partial charge in [0, 0.05) is 6.42 Å². The van der Waals surface area contributed by atoms with Crippen molar-refractivity contribution in [3.63, 3.8) is 0 Å². The van der Waals surface area contributed by atoms with Gasteiger partial charge in [-0.25, -0.2) is 0 Å². The molecule has 60 heavy (non-hydrogen) atoms. The molecule has 0 saturated carbocycles. The molecule has 7 unspecified atom stereocenters. The van der Waals surface area contributed by atoms with Crippen LogP contribution in [0.4, 0.5) is 0 Å². The molecule has 0 aromatic heterocycles. The molecule has 1 aliphatic heterocycles. The van der Waals surface area contributed by atoms with E-state index in [4.69, 9.17) is 9.47 Å². The summed E-state index contributed by atoms with van der Waals surface area (Å²) in [6, 6.07) is -0.829. The third kappa shape index (κ3) is 31.1. The summed E-state index contributed by atoms with van der Waals surface area (Å²) >= 11 is 0. The van der Waals surface area contributed by atoms with E-state index in [0.717, 1.165) is 70.6 Å². The summed E-state index contributed by atoms with van der Waals surface area (Å²) in [6.45, 7) is 3.69. The lowest BCUT2D eigenvalue weighted by molar-refractivity contribution is -0.302. The number of allylic oxidation sites excluding steroid dienone is 7. The number of carbonyl (C=O) groups excluding carboxylic acids is 1. The Morgan fingerprint density at radius 2 is 1.03 bits per heavy atom. The largest absolute Gasteiger partial charge is 0.394 e. The lowest BCUT2D eigenvalue weighted by Crippen LogP contribution is -2.60. The molecule has 7 atom stereocenters. The number of amides is 1. The van der Waals surface area contributed by atoms with Crippen molar-refractivity contribution in [3.05, 3.63) is 48.6 Å². The minimum absolute atomic E-state index is 0.202. The minimum atomic E-state index is -1.57. The summed E-state index contributed by atoms with van der Waals surface area (Å²) in [5.41, 5.74) is 0. The van der Waals surface area contributed by atoms with E-state index < -0.39 is 49.5 Å². The first-order valence-corrected chi connectivity index (χ1v) is 24.9. The second kappa shape index (κ2) is 41.2. The third-order valence-electron chi connectivity index (χ3n) is 11.6. The van der Waals surface area contributed by atoms with Gasteiger partial charge in [0.1, 0.15) is 24.4 Å². The number of unbranched alkanes of at least 4 members (excludes halogenated alkanes) is 25. The summed E-state index contributed by atoms with van der Waals surface area (Å²) in [7, 11) is 0. The Morgan fingerprint density at radius 1 is 0.567 bits per heavy atom. The Balaban J connectivity index is 2.31. The summed E-state index contributed by atoms with van der Waals surface area (Å²) in [4.78, 5) is 12.9. The van der Waals surface area contributed by atoms with Crippen LogP contribution in [0.3, 0.4) is 0 Å². The van der Waals surface area contributed by atoms with Crippen LogP contribution >= 0.6 is 0 Å². The number of rotatable bonds is 41. The van der Waals surface area contributed by atoms with Gasteiger partial charge in [0.05, 0.1) is 25.4 Å². The number of aliphatic hydroxyl groups is 5. The molecule has 1 aliphatic rings. The van der Waals surface area contributed by atoms with Gasteiger partial charge in [-0.05, 0) is 57.8 Å². The molecule has 9 nitrogen and oxygen atoms in total. The number of aliphatic hydroxyl groups excluding tert-OH is 5. The average molecular weight is 848 g/mol. The van der Waals surface area contributed by atoms with E-state index in [2.05, 4.69) is 55.6 Å². The highest BCUT2D eigenvalue weighted by atomic mass is 16.7. The first-order chi connectivity index (χ1) is 29.3. The van der Waals surface area contributed by atoms with Gasteiger partial charge in [0.15, 0.2) is 6.29 Å². The van der Waals surface area contributed by atoms with E-state index in [-0.39, 0.29) is 12.5 Å². The molecule has 0 bridgehead atoms. The molecule has 1 fully saturated rings. The molecule has 0 radical (unpaired) electrons. The number of nitrogens with one attached hydrogen (secondary N) is 1. The summed E-state index contributed by atoms with van der Waals surface area (Å²) < 4.78 is 11.2. The van der Waals surface area contributed by atoms with Crippen molar-refractivity contribution < 1.29 is 39.8 Å². The highest BCUT2D eigenvalue weighted by molar-refractivity contribution is 5.76. The molecule has 0 aromatic rings. The van der Waals surface area contributed by atoms with Gasteiger partial charge in [0.2, 0.25) is 5.91 Å². The summed E-state index contributed by atoms with van der Waals surface area (Å²) in [5.74, 6) is -0.202. The van der Waals surface area contributed by atoms with E-state index in [1.807, 2.05) is 6.08 Å². The van der Waals surface area contributed by atoms with Gasteiger partial charge < -0.3 is 40.3 Å². The highest BCUT2D eigenvalue weighted by Crippen LogP contribution is 2.23. The molecule has 350 valence electrons. The van der Waals surface area contributed by atoms with Crippen LogP contribution in [0.2, 0.25) is 0 Å².